The molecule has 0 atom stereocenters. The lowest BCUT2D eigenvalue weighted by atomic mass is 9.82. The first kappa shape index (κ1) is 80.5. The maximum atomic E-state index is 4.77. The van der Waals surface area contributed by atoms with Gasteiger partial charge >= 0.3 is 0 Å². The first-order valence-electron chi connectivity index (χ1n) is 44.3. The maximum absolute atomic E-state index is 4.77. The van der Waals surface area contributed by atoms with E-state index in [2.05, 4.69) is 512 Å². The van der Waals surface area contributed by atoms with Crippen LogP contribution < -0.4 is 18.3 Å². The van der Waals surface area contributed by atoms with Crippen LogP contribution in [0.15, 0.2) is 413 Å². The van der Waals surface area contributed by atoms with Gasteiger partial charge in [0.2, 0.25) is 0 Å². The summed E-state index contributed by atoms with van der Waals surface area (Å²) in [4.78, 5) is 9.54. The fraction of sp³-hybridized carbons (Fsp3) is 0.0667. The maximum Gasteiger partial charge on any atom is 0.269 e. The van der Waals surface area contributed by atoms with Gasteiger partial charge in [-0.3, -0.25) is 36.5 Å². The summed E-state index contributed by atoms with van der Waals surface area (Å²) in [5, 5.41) is 0. The number of hydrogen-bond donors (Lipinski definition) is 0. The monoisotopic (exact) mass is 1670 g/mol. The van der Waals surface area contributed by atoms with Crippen LogP contribution in [0, 0.1) is 80.7 Å². The first-order chi connectivity index (χ1) is 63.8. The third-order valence-corrected chi connectivity index (χ3v) is 25.9. The standard InChI is InChI=1S/C120H92N10/c1-81-85(5)127(77-123(81)101-31-13-9-14-32-101)105-61-53-89(54-62-105)109-39-21-25-43-113(109)95-71-96(114-44-26-22-40-110(114)90-55-63-106(64-56-90)128-78-124(82(2)86(128)6)102-33-15-10-16-34-102)74-99(73-95)117-47-29-48-118(119(117)93-49-51-94(52-50-93)120-121-69-30-70-122-120)100-75-97(115-45-27-23-41-111(115)91-57-65-107(66-58-91)129-79-125(83(3)87(129)7)103-35-17-11-18-36-103)72-98(76-100)116-46-28-24-42-112(116)92-59-67-108(68-60-92)130-80-126(84(4)88(130)8)104-37-19-12-20-38-104/h9-76H,1-8H3. The fourth-order valence-corrected chi connectivity index (χ4v) is 18.5. The molecule has 0 aliphatic rings. The summed E-state index contributed by atoms with van der Waals surface area (Å²) in [7, 11) is 0. The Morgan fingerprint density at radius 2 is 0.385 bits per heavy atom. The molecule has 0 aliphatic carbocycles. The van der Waals surface area contributed by atoms with Crippen LogP contribution in [0.5, 0.6) is 0 Å². The van der Waals surface area contributed by atoms with Gasteiger partial charge in [0, 0.05) is 18.0 Å². The van der Waals surface area contributed by atoms with Crippen LogP contribution in [0.2, 0.25) is 0 Å². The minimum Gasteiger partial charge on any atom is -0.296 e. The van der Waals surface area contributed by atoms with E-state index in [1.165, 1.54) is 0 Å². The predicted octanol–water partition coefficient (Wildman–Crippen LogP) is 26.4. The van der Waals surface area contributed by atoms with E-state index >= 15 is 0 Å². The van der Waals surface area contributed by atoms with Crippen molar-refractivity contribution in [2.45, 2.75) is 55.4 Å². The van der Waals surface area contributed by atoms with E-state index in [4.69, 9.17) is 9.97 Å². The molecule has 0 spiro atoms. The van der Waals surface area contributed by atoms with Crippen molar-refractivity contribution in [3.05, 3.63) is 484 Å². The summed E-state index contributed by atoms with van der Waals surface area (Å²) in [6.45, 7) is 17.3. The van der Waals surface area contributed by atoms with Gasteiger partial charge in [-0.25, -0.2) is 9.97 Å². The zero-order valence-corrected chi connectivity index (χ0v) is 73.7. The SMILES string of the molecule is Cc1c(C)[n+](-c2ccccc2)[c-]n1-c1ccc(-c2ccccc2-c2cc(-c3ccccc3-c3ccc(-n4[c-][n+](-c5ccccc5)c(C)c4C)cc3)cc(-c3cccc(-c4cc(-c5ccccc5-c5ccc(-n6[c-][n+](-c7ccccc7)c(C)c6C)cc5)cc(-c5ccccc5-c5ccc(-n6[c-][n+](-c7ccccc7)c(C)c6C)cc5)c4)c3-c3ccc(-c4ncccn4)cc3)c2)cc1. The average molecular weight is 1670 g/mol. The molecule has 21 rings (SSSR count). The van der Waals surface area contributed by atoms with E-state index in [0.29, 0.717) is 5.82 Å². The van der Waals surface area contributed by atoms with Crippen LogP contribution in [-0.2, 0) is 0 Å². The van der Waals surface area contributed by atoms with E-state index < -0.39 is 0 Å². The quantitative estimate of drug-likeness (QED) is 0.0564. The Bertz CT molecular complexity index is 6970. The van der Waals surface area contributed by atoms with E-state index in [-0.39, 0.29) is 0 Å². The summed E-state index contributed by atoms with van der Waals surface area (Å²) in [5.74, 6) is 0.656. The summed E-state index contributed by atoms with van der Waals surface area (Å²) >= 11 is 0. The van der Waals surface area contributed by atoms with Crippen molar-refractivity contribution in [3.63, 3.8) is 0 Å². The smallest absolute Gasteiger partial charge is 0.269 e. The number of nitrogens with zero attached hydrogens (tertiary/aromatic N) is 10. The van der Waals surface area contributed by atoms with Crippen LogP contribution in [0.25, 0.3) is 179 Å². The molecule has 0 N–H and O–H groups in total. The second-order valence-corrected chi connectivity index (χ2v) is 33.5. The molecule has 21 aromatic rings. The van der Waals surface area contributed by atoms with Crippen molar-refractivity contribution in [1.82, 2.24) is 28.2 Å². The minimum absolute atomic E-state index is 0.656. The third-order valence-electron chi connectivity index (χ3n) is 25.9. The number of imidazole rings is 4. The van der Waals surface area contributed by atoms with E-state index in [1.807, 2.05) is 18.5 Å². The lowest BCUT2D eigenvalue weighted by molar-refractivity contribution is -0.606. The molecule has 0 saturated heterocycles. The van der Waals surface area contributed by atoms with Gasteiger partial charge < -0.3 is 0 Å². The molecule has 5 heterocycles. The van der Waals surface area contributed by atoms with E-state index in [0.717, 1.165) is 219 Å². The van der Waals surface area contributed by atoms with Gasteiger partial charge in [0.05, 0.1) is 91.1 Å². The molecule has 10 nitrogen and oxygen atoms in total. The first-order valence-corrected chi connectivity index (χ1v) is 44.3. The highest BCUT2D eigenvalue weighted by molar-refractivity contribution is 6.01. The lowest BCUT2D eigenvalue weighted by Gasteiger charge is -2.21. The van der Waals surface area contributed by atoms with Gasteiger partial charge in [-0.05, 0) is 317 Å². The molecule has 0 radical (unpaired) electrons. The van der Waals surface area contributed by atoms with Gasteiger partial charge in [0.25, 0.3) is 25.3 Å². The Balaban J connectivity index is 0.755. The summed E-state index contributed by atoms with van der Waals surface area (Å²) in [6, 6.07) is 145. The molecule has 10 heteroatoms. The fourth-order valence-electron chi connectivity index (χ4n) is 18.5. The van der Waals surface area contributed by atoms with Crippen LogP contribution in [0.1, 0.15) is 45.6 Å². The zero-order chi connectivity index (χ0) is 88.0. The van der Waals surface area contributed by atoms with Crippen LogP contribution >= 0.6 is 0 Å². The molecule has 16 aromatic carbocycles. The van der Waals surface area contributed by atoms with Gasteiger partial charge in [-0.15, -0.1) is 0 Å². The Labute approximate surface area is 759 Å². The summed E-state index contributed by atoms with van der Waals surface area (Å²) in [6.07, 6.45) is 18.3. The Morgan fingerprint density at radius 3 is 0.631 bits per heavy atom. The van der Waals surface area contributed by atoms with Gasteiger partial charge in [0.15, 0.2) is 5.82 Å². The zero-order valence-electron chi connectivity index (χ0n) is 73.7. The van der Waals surface area contributed by atoms with Crippen molar-refractivity contribution in [2.24, 2.45) is 0 Å². The Morgan fingerprint density at radius 1 is 0.185 bits per heavy atom. The van der Waals surface area contributed by atoms with Crippen LogP contribution in [0.4, 0.5) is 0 Å². The molecular formula is C120H92N10. The Hall–Kier alpha value is -16.6. The number of rotatable bonds is 20. The normalized spacial score (nSPS) is 11.4. The molecule has 130 heavy (non-hydrogen) atoms. The van der Waals surface area contributed by atoms with Crippen molar-refractivity contribution in [2.75, 3.05) is 0 Å². The Kier molecular flexibility index (Phi) is 21.3. The molecular weight excluding hydrogens is 1580 g/mol. The summed E-state index contributed by atoms with van der Waals surface area (Å²) < 4.78 is 17.3. The molecule has 0 amide bonds. The molecule has 0 unspecified atom stereocenters. The van der Waals surface area contributed by atoms with Crippen LogP contribution in [0.3, 0.4) is 0 Å². The molecule has 0 bridgehead atoms. The second kappa shape index (κ2) is 34.4. The van der Waals surface area contributed by atoms with Crippen molar-refractivity contribution >= 4 is 0 Å². The highest BCUT2D eigenvalue weighted by Gasteiger charge is 2.25. The number of benzene rings is 16. The minimum atomic E-state index is 0.656. The second-order valence-electron chi connectivity index (χ2n) is 33.5. The van der Waals surface area contributed by atoms with Gasteiger partial charge in [-0.1, -0.05) is 261 Å². The molecule has 0 saturated carbocycles. The highest BCUT2D eigenvalue weighted by Crippen LogP contribution is 2.49. The molecule has 622 valence electrons. The lowest BCUT2D eigenvalue weighted by Crippen LogP contribution is -2.31. The molecule has 5 aromatic heterocycles. The topological polar surface area (TPSA) is 61.0 Å². The number of hydrogen-bond acceptors (Lipinski definition) is 2. The number of aromatic nitrogens is 10. The summed E-state index contributed by atoms with van der Waals surface area (Å²) in [5.41, 5.74) is 42.1. The highest BCUT2D eigenvalue weighted by atomic mass is 15.2. The van der Waals surface area contributed by atoms with Crippen molar-refractivity contribution in [1.29, 1.82) is 0 Å². The van der Waals surface area contributed by atoms with Gasteiger partial charge in [0.1, 0.15) is 0 Å². The largest absolute Gasteiger partial charge is 0.296 e. The third kappa shape index (κ3) is 15.2. The van der Waals surface area contributed by atoms with Crippen molar-refractivity contribution < 1.29 is 18.3 Å². The molecule has 0 aliphatic heterocycles. The van der Waals surface area contributed by atoms with Crippen LogP contribution in [-0.4, -0.2) is 28.2 Å². The van der Waals surface area contributed by atoms with E-state index in [9.17, 15) is 0 Å². The number of para-hydroxylation sites is 4. The molecule has 0 fully saturated rings. The van der Waals surface area contributed by atoms with E-state index in [1.54, 1.807) is 0 Å². The average Bonchev–Trinajstić information content (AvgIpc) is 1.12. The van der Waals surface area contributed by atoms with Crippen molar-refractivity contribution in [3.8, 4) is 179 Å². The predicted molar refractivity (Wildman–Crippen MR) is 524 cm³/mol. The van der Waals surface area contributed by atoms with Gasteiger partial charge in [-0.2, -0.15) is 0 Å².